The molecule has 4 aromatic rings. The van der Waals surface area contributed by atoms with Crippen LogP contribution in [0.3, 0.4) is 0 Å². The molecule has 2 amide bonds. The first-order chi connectivity index (χ1) is 15.3. The normalized spacial score (nSPS) is 18.5. The molecule has 1 radical (unpaired) electrons. The Hall–Kier alpha value is -3.41. The van der Waals surface area contributed by atoms with E-state index in [0.717, 1.165) is 22.0 Å². The van der Waals surface area contributed by atoms with Crippen LogP contribution in [0, 0.1) is 0 Å². The van der Waals surface area contributed by atoms with Crippen molar-refractivity contribution in [2.75, 3.05) is 7.05 Å². The second kappa shape index (κ2) is 6.31. The minimum atomic E-state index is -0.576. The first-order valence-electron chi connectivity index (χ1n) is 10.3. The molecule has 2 aliphatic rings. The van der Waals surface area contributed by atoms with Crippen molar-refractivity contribution in [3.05, 3.63) is 71.0 Å². The molecule has 2 aromatic carbocycles. The zero-order valence-electron chi connectivity index (χ0n) is 17.7. The third kappa shape index (κ3) is 2.38. The number of amidine groups is 1. The van der Waals surface area contributed by atoms with Crippen LogP contribution in [-0.4, -0.2) is 49.1 Å². The molecule has 7 heteroatoms. The molecule has 2 aliphatic heterocycles. The Morgan fingerprint density at radius 2 is 1.78 bits per heavy atom. The van der Waals surface area contributed by atoms with E-state index < -0.39 is 11.8 Å². The molecule has 6 nitrogen and oxygen atoms in total. The van der Waals surface area contributed by atoms with Crippen LogP contribution < -0.4 is 0 Å². The van der Waals surface area contributed by atoms with Crippen molar-refractivity contribution >= 4 is 60.4 Å². The van der Waals surface area contributed by atoms with Gasteiger partial charge in [-0.25, -0.2) is 0 Å². The summed E-state index contributed by atoms with van der Waals surface area (Å²) >= 11 is 2.64. The number of carbonyl (C=O) groups is 2. The van der Waals surface area contributed by atoms with Gasteiger partial charge in [0.1, 0.15) is 0 Å². The van der Waals surface area contributed by atoms with Crippen LogP contribution in [0.25, 0.3) is 33.8 Å². The van der Waals surface area contributed by atoms with Crippen molar-refractivity contribution in [1.29, 1.82) is 0 Å². The van der Waals surface area contributed by atoms with Crippen LogP contribution in [-0.2, 0) is 15.0 Å². The summed E-state index contributed by atoms with van der Waals surface area (Å²) in [5.41, 5.74) is 4.05. The van der Waals surface area contributed by atoms with Crippen LogP contribution in [0.1, 0.15) is 30.7 Å². The Kier molecular flexibility index (Phi) is 3.80. The monoisotopic (exact) mass is 488 g/mol. The fraction of sp³-hybridized carbons (Fsp3) is 0.160. The van der Waals surface area contributed by atoms with E-state index in [1.807, 2.05) is 18.2 Å². The van der Waals surface area contributed by atoms with Gasteiger partial charge in [0.15, 0.2) is 0 Å². The number of nitrogens with zero attached hydrogens (tertiary/aromatic N) is 3. The third-order valence-corrected chi connectivity index (χ3v) is 7.28. The molecule has 0 aliphatic carbocycles. The number of aliphatic imine (C=N–C) groups is 1. The van der Waals surface area contributed by atoms with Gasteiger partial charge in [-0.15, -0.1) is 0 Å². The van der Waals surface area contributed by atoms with Crippen molar-refractivity contribution in [3.63, 3.8) is 0 Å². The number of furan rings is 1. The van der Waals surface area contributed by atoms with Gasteiger partial charge in [0.2, 0.25) is 0 Å². The average molecular weight is 487 g/mol. The van der Waals surface area contributed by atoms with Crippen LogP contribution in [0.2, 0.25) is 0 Å². The third-order valence-electron chi connectivity index (χ3n) is 6.51. The molecule has 0 atom stereocenters. The predicted molar refractivity (Wildman–Crippen MR) is 124 cm³/mol. The molecule has 0 N–H and O–H groups in total. The van der Waals surface area contributed by atoms with Crippen molar-refractivity contribution in [2.24, 2.45) is 4.99 Å². The molecule has 0 saturated carbocycles. The number of hydrogen-bond acceptors (Lipinski definition) is 3. The molecule has 4 heterocycles. The molecule has 32 heavy (non-hydrogen) atoms. The molecule has 0 saturated heterocycles. The Bertz CT molecular complexity index is 1570. The quantitative estimate of drug-likeness (QED) is 0.232. The summed E-state index contributed by atoms with van der Waals surface area (Å²) in [5, 5.41) is 2.33. The molecule has 6 rings (SSSR count). The van der Waals surface area contributed by atoms with Gasteiger partial charge in [-0.05, 0) is 0 Å². The van der Waals surface area contributed by atoms with Crippen LogP contribution in [0.15, 0.2) is 63.5 Å². The predicted octanol–water partition coefficient (Wildman–Crippen LogP) is 3.92. The van der Waals surface area contributed by atoms with Gasteiger partial charge in [0.05, 0.1) is 0 Å². The maximum atomic E-state index is 12.7. The van der Waals surface area contributed by atoms with Crippen LogP contribution >= 0.6 is 0 Å². The van der Waals surface area contributed by atoms with Crippen molar-refractivity contribution < 1.29 is 14.0 Å². The van der Waals surface area contributed by atoms with Gasteiger partial charge in [-0.1, -0.05) is 6.07 Å². The van der Waals surface area contributed by atoms with Crippen molar-refractivity contribution in [1.82, 2.24) is 9.47 Å². The van der Waals surface area contributed by atoms with E-state index >= 15 is 0 Å². The Balaban J connectivity index is 1.64. The standard InChI is InChI=1S/C25H18N3O3Se/c1-25(2)17-9-6-8-15-14-7-4-5-10-19(14)28(20(15)17)23-18(25)12-13(31-23)11-16-21(29)26-24(32)27(3)22(16)30/h4-12H,1-3H3/b16-11+. The number of benzene rings is 2. The Morgan fingerprint density at radius 1 is 1.03 bits per heavy atom. The maximum absolute atomic E-state index is 12.7. The Labute approximate surface area is 192 Å². The van der Waals surface area contributed by atoms with Crippen molar-refractivity contribution in [2.45, 2.75) is 19.3 Å². The van der Waals surface area contributed by atoms with Crippen molar-refractivity contribution in [3.8, 4) is 5.88 Å². The molecule has 0 spiro atoms. The molecular weight excluding hydrogens is 469 g/mol. The van der Waals surface area contributed by atoms with E-state index in [1.165, 1.54) is 21.9 Å². The van der Waals surface area contributed by atoms with Gasteiger partial charge in [0.25, 0.3) is 0 Å². The summed E-state index contributed by atoms with van der Waals surface area (Å²) in [5.74, 6) is 0.173. The topological polar surface area (TPSA) is 67.8 Å². The summed E-state index contributed by atoms with van der Waals surface area (Å²) in [4.78, 5) is 30.3. The summed E-state index contributed by atoms with van der Waals surface area (Å²) in [7, 11) is 1.58. The number of hydrogen-bond donors (Lipinski definition) is 0. The van der Waals surface area contributed by atoms with Gasteiger partial charge in [0, 0.05) is 0 Å². The molecule has 0 unspecified atom stereocenters. The molecule has 157 valence electrons. The summed E-state index contributed by atoms with van der Waals surface area (Å²) in [6.45, 7) is 4.34. The van der Waals surface area contributed by atoms with Gasteiger partial charge in [-0.2, -0.15) is 0 Å². The minimum absolute atomic E-state index is 0.0181. The molecule has 2 aromatic heterocycles. The van der Waals surface area contributed by atoms with E-state index in [-0.39, 0.29) is 15.7 Å². The fourth-order valence-corrected chi connectivity index (χ4v) is 5.16. The zero-order chi connectivity index (χ0) is 22.4. The number of rotatable bonds is 1. The van der Waals surface area contributed by atoms with Gasteiger partial charge < -0.3 is 0 Å². The van der Waals surface area contributed by atoms with E-state index in [2.05, 4.69) is 69.8 Å². The van der Waals surface area contributed by atoms with Gasteiger partial charge >= 0.3 is 186 Å². The second-order valence-corrected chi connectivity index (χ2v) is 9.43. The number of carbonyl (C=O) groups excluding carboxylic acids is 2. The summed E-state index contributed by atoms with van der Waals surface area (Å²) in [6, 6.07) is 16.6. The van der Waals surface area contributed by atoms with Crippen LogP contribution in [0.5, 0.6) is 0 Å². The number of aromatic nitrogens is 1. The number of para-hydroxylation sites is 2. The zero-order valence-corrected chi connectivity index (χ0v) is 19.4. The SMILES string of the molecule is CN1C(=O)/C(=C/c2cc3c(o2)-n2c4ccccc4c4cccc(c42)C3(C)C)C(=O)N=C1[Se]. The van der Waals surface area contributed by atoms with Crippen LogP contribution in [0.4, 0.5) is 0 Å². The van der Waals surface area contributed by atoms with E-state index in [0.29, 0.717) is 11.6 Å². The first kappa shape index (κ1) is 19.3. The van der Waals surface area contributed by atoms with E-state index in [1.54, 1.807) is 7.05 Å². The number of fused-ring (bicyclic) bond motifs is 5. The molecule has 0 bridgehead atoms. The number of likely N-dealkylation sites (N-methyl/N-ethyl adjacent to an activating group) is 1. The van der Waals surface area contributed by atoms with Gasteiger partial charge in [-0.3, -0.25) is 0 Å². The fourth-order valence-electron chi connectivity index (χ4n) is 4.81. The molecular formula is C25H18N3O3Se. The summed E-state index contributed by atoms with van der Waals surface area (Å²) < 4.78 is 8.73. The summed E-state index contributed by atoms with van der Waals surface area (Å²) in [6.07, 6.45) is 1.50. The Morgan fingerprint density at radius 3 is 2.59 bits per heavy atom. The van der Waals surface area contributed by atoms with E-state index in [9.17, 15) is 9.59 Å². The first-order valence-corrected chi connectivity index (χ1v) is 11.1. The molecule has 0 fully saturated rings. The number of amides is 2. The second-order valence-electron chi connectivity index (χ2n) is 8.67. The van der Waals surface area contributed by atoms with E-state index in [4.69, 9.17) is 4.42 Å². The average Bonchev–Trinajstić information content (AvgIpc) is 3.34.